The maximum absolute atomic E-state index is 13.5. The largest absolute Gasteiger partial charge is 0.495 e. The van der Waals surface area contributed by atoms with E-state index < -0.39 is 0 Å². The fourth-order valence-electron chi connectivity index (χ4n) is 4.22. The predicted octanol–water partition coefficient (Wildman–Crippen LogP) is 2.68. The first-order chi connectivity index (χ1) is 17.2. The Morgan fingerprint density at radius 2 is 2.00 bits per heavy atom. The van der Waals surface area contributed by atoms with Crippen LogP contribution in [-0.4, -0.2) is 75.3 Å². The van der Waals surface area contributed by atoms with Gasteiger partial charge in [-0.15, -0.1) is 0 Å². The van der Waals surface area contributed by atoms with Crippen molar-refractivity contribution in [2.45, 2.75) is 6.04 Å². The van der Waals surface area contributed by atoms with Crippen LogP contribution in [0.5, 0.6) is 5.75 Å². The van der Waals surface area contributed by atoms with Crippen molar-refractivity contribution in [3.8, 4) is 11.7 Å². The number of fused-ring (bicyclic) bond motifs is 1. The van der Waals surface area contributed by atoms with Crippen LogP contribution in [0.25, 0.3) is 17.0 Å². The Balaban J connectivity index is 1.45. The molecule has 1 aliphatic heterocycles. The van der Waals surface area contributed by atoms with Crippen molar-refractivity contribution in [3.05, 3.63) is 71.5 Å². The van der Waals surface area contributed by atoms with Crippen molar-refractivity contribution >= 4 is 28.5 Å². The predicted molar refractivity (Wildman–Crippen MR) is 130 cm³/mol. The van der Waals surface area contributed by atoms with Gasteiger partial charge in [0.1, 0.15) is 11.4 Å². The molecule has 180 valence electrons. The molecule has 5 rings (SSSR count). The van der Waals surface area contributed by atoms with Crippen molar-refractivity contribution in [2.24, 2.45) is 0 Å². The summed E-state index contributed by atoms with van der Waals surface area (Å²) in [4.78, 5) is 33.1. The van der Waals surface area contributed by atoms with Crippen LogP contribution in [0.4, 0.5) is 0 Å². The Hall–Kier alpha value is -3.60. The molecule has 1 amide bonds. The topological polar surface area (TPSA) is 107 Å². The third-order valence-electron chi connectivity index (χ3n) is 5.95. The van der Waals surface area contributed by atoms with Crippen LogP contribution in [0.15, 0.2) is 55.4 Å². The van der Waals surface area contributed by atoms with Crippen LogP contribution < -0.4 is 10.1 Å². The number of amides is 1. The summed E-state index contributed by atoms with van der Waals surface area (Å²) in [5, 5.41) is 4.06. The van der Waals surface area contributed by atoms with E-state index in [9.17, 15) is 4.79 Å². The van der Waals surface area contributed by atoms with Gasteiger partial charge < -0.3 is 14.8 Å². The normalized spacial score (nSPS) is 15.1. The quantitative estimate of drug-likeness (QED) is 0.418. The second-order valence-corrected chi connectivity index (χ2v) is 8.39. The minimum atomic E-state index is -0.270. The van der Waals surface area contributed by atoms with E-state index in [1.807, 2.05) is 6.07 Å². The van der Waals surface area contributed by atoms with Gasteiger partial charge in [0, 0.05) is 50.6 Å². The van der Waals surface area contributed by atoms with E-state index >= 15 is 0 Å². The minimum absolute atomic E-state index is 0.107. The molecule has 1 unspecified atom stereocenters. The highest BCUT2D eigenvalue weighted by molar-refractivity contribution is 6.36. The Kier molecular flexibility index (Phi) is 6.84. The third-order valence-corrected chi connectivity index (χ3v) is 6.26. The zero-order chi connectivity index (χ0) is 24.2. The summed E-state index contributed by atoms with van der Waals surface area (Å²) in [5.74, 6) is 0.796. The van der Waals surface area contributed by atoms with Crippen LogP contribution in [0.2, 0.25) is 5.02 Å². The smallest absolute Gasteiger partial charge is 0.253 e. The standard InChI is InChI=1S/C24H24ClN7O3/c1-34-17-11-16(12-26-13-17)20(31-7-9-35-10-8-31)14-30-23(33)18-15-32(24-28-4-2-5-29-24)22-21(18)19(25)3-6-27-22/h2-6,11-13,15,20H,7-10,14H2,1H3,(H,30,33). The number of hydrogen-bond acceptors (Lipinski definition) is 8. The first-order valence-corrected chi connectivity index (χ1v) is 11.6. The Morgan fingerprint density at radius 3 is 2.77 bits per heavy atom. The maximum atomic E-state index is 13.5. The van der Waals surface area contributed by atoms with E-state index in [2.05, 4.69) is 30.2 Å². The fourth-order valence-corrected chi connectivity index (χ4v) is 4.46. The molecule has 0 aliphatic carbocycles. The minimum Gasteiger partial charge on any atom is -0.495 e. The number of pyridine rings is 2. The number of nitrogens with zero attached hydrogens (tertiary/aromatic N) is 6. The van der Waals surface area contributed by atoms with Crippen molar-refractivity contribution in [1.82, 2.24) is 34.7 Å². The van der Waals surface area contributed by atoms with Gasteiger partial charge in [-0.05, 0) is 23.8 Å². The van der Waals surface area contributed by atoms with Gasteiger partial charge in [0.2, 0.25) is 5.95 Å². The second-order valence-electron chi connectivity index (χ2n) is 7.99. The van der Waals surface area contributed by atoms with Crippen LogP contribution >= 0.6 is 11.6 Å². The summed E-state index contributed by atoms with van der Waals surface area (Å²) >= 11 is 6.50. The van der Waals surface area contributed by atoms with Crippen LogP contribution in [0.1, 0.15) is 22.0 Å². The molecule has 0 bridgehead atoms. The summed E-state index contributed by atoms with van der Waals surface area (Å²) in [7, 11) is 1.61. The van der Waals surface area contributed by atoms with Gasteiger partial charge in [-0.2, -0.15) is 0 Å². The van der Waals surface area contributed by atoms with E-state index in [0.717, 1.165) is 18.7 Å². The number of carbonyl (C=O) groups is 1. The Morgan fingerprint density at radius 1 is 1.20 bits per heavy atom. The number of rotatable bonds is 7. The highest BCUT2D eigenvalue weighted by Gasteiger charge is 2.26. The lowest BCUT2D eigenvalue weighted by Crippen LogP contribution is -2.43. The number of morpholine rings is 1. The summed E-state index contributed by atoms with van der Waals surface area (Å²) in [6, 6.07) is 5.22. The first-order valence-electron chi connectivity index (χ1n) is 11.2. The average molecular weight is 494 g/mol. The molecule has 10 nitrogen and oxygen atoms in total. The number of hydrogen-bond donors (Lipinski definition) is 1. The van der Waals surface area contributed by atoms with Gasteiger partial charge in [0.05, 0.1) is 48.5 Å². The number of nitrogens with one attached hydrogen (secondary N) is 1. The molecular formula is C24H24ClN7O3. The molecule has 1 aliphatic rings. The number of aromatic nitrogens is 5. The van der Waals surface area contributed by atoms with Crippen LogP contribution in [0, 0.1) is 0 Å². The van der Waals surface area contributed by atoms with Crippen LogP contribution in [-0.2, 0) is 4.74 Å². The van der Waals surface area contributed by atoms with Crippen molar-refractivity contribution in [1.29, 1.82) is 0 Å². The molecule has 11 heteroatoms. The van der Waals surface area contributed by atoms with E-state index in [0.29, 0.717) is 53.1 Å². The third kappa shape index (κ3) is 4.81. The lowest BCUT2D eigenvalue weighted by Gasteiger charge is -2.34. The average Bonchev–Trinajstić information content (AvgIpc) is 3.31. The summed E-state index contributed by atoms with van der Waals surface area (Å²) in [6.45, 7) is 3.12. The molecule has 1 saturated heterocycles. The van der Waals surface area contributed by atoms with Crippen LogP contribution in [0.3, 0.4) is 0 Å². The Labute approximate surface area is 206 Å². The van der Waals surface area contributed by atoms with E-state index in [1.54, 1.807) is 61.0 Å². The van der Waals surface area contributed by atoms with E-state index in [4.69, 9.17) is 21.1 Å². The maximum Gasteiger partial charge on any atom is 0.253 e. The fraction of sp³-hybridized carbons (Fsp3) is 0.292. The van der Waals surface area contributed by atoms with Gasteiger partial charge in [-0.1, -0.05) is 11.6 Å². The number of methoxy groups -OCH3 is 1. The molecule has 1 fully saturated rings. The molecule has 1 N–H and O–H groups in total. The SMILES string of the molecule is COc1cncc(C(CNC(=O)c2cn(-c3ncccn3)c3nccc(Cl)c23)N2CCOCC2)c1. The molecule has 5 heterocycles. The highest BCUT2D eigenvalue weighted by atomic mass is 35.5. The first kappa shape index (κ1) is 23.2. The Bertz CT molecular complexity index is 1330. The monoisotopic (exact) mass is 493 g/mol. The molecule has 0 saturated carbocycles. The molecule has 0 radical (unpaired) electrons. The summed E-state index contributed by atoms with van der Waals surface area (Å²) < 4.78 is 12.6. The number of ether oxygens (including phenoxy) is 2. The van der Waals surface area contributed by atoms with Crippen molar-refractivity contribution in [2.75, 3.05) is 40.0 Å². The second kappa shape index (κ2) is 10.3. The summed E-state index contributed by atoms with van der Waals surface area (Å²) in [6.07, 6.45) is 9.99. The molecule has 4 aromatic rings. The number of carbonyl (C=O) groups excluding carboxylic acids is 1. The van der Waals surface area contributed by atoms with Gasteiger partial charge >= 0.3 is 0 Å². The van der Waals surface area contributed by atoms with Crippen molar-refractivity contribution in [3.63, 3.8) is 0 Å². The van der Waals surface area contributed by atoms with Gasteiger partial charge in [0.15, 0.2) is 0 Å². The van der Waals surface area contributed by atoms with Gasteiger partial charge in [-0.3, -0.25) is 19.2 Å². The molecule has 0 spiro atoms. The van der Waals surface area contributed by atoms with E-state index in [1.165, 1.54) is 0 Å². The molecule has 1 atom stereocenters. The molecular weight excluding hydrogens is 470 g/mol. The molecule has 4 aromatic heterocycles. The zero-order valence-electron chi connectivity index (χ0n) is 19.1. The highest BCUT2D eigenvalue weighted by Crippen LogP contribution is 2.29. The molecule has 0 aromatic carbocycles. The van der Waals surface area contributed by atoms with Gasteiger partial charge in [0.25, 0.3) is 5.91 Å². The summed E-state index contributed by atoms with van der Waals surface area (Å²) in [5.41, 5.74) is 1.86. The molecule has 35 heavy (non-hydrogen) atoms. The lowest BCUT2D eigenvalue weighted by molar-refractivity contribution is 0.0161. The van der Waals surface area contributed by atoms with Gasteiger partial charge in [-0.25, -0.2) is 15.0 Å². The number of halogens is 1. The van der Waals surface area contributed by atoms with Crippen molar-refractivity contribution < 1.29 is 14.3 Å². The lowest BCUT2D eigenvalue weighted by atomic mass is 10.1. The zero-order valence-corrected chi connectivity index (χ0v) is 19.9. The van der Waals surface area contributed by atoms with E-state index in [-0.39, 0.29) is 11.9 Å².